The highest BCUT2D eigenvalue weighted by atomic mass is 19.1. The van der Waals surface area contributed by atoms with Crippen LogP contribution in [-0.4, -0.2) is 31.0 Å². The van der Waals surface area contributed by atoms with Crippen molar-refractivity contribution < 1.29 is 18.4 Å². The summed E-state index contributed by atoms with van der Waals surface area (Å²) in [6.07, 6.45) is 0.546. The predicted octanol–water partition coefficient (Wildman–Crippen LogP) is 5.97. The predicted molar refractivity (Wildman–Crippen MR) is 114 cm³/mol. The average molecular weight is 384 g/mol. The van der Waals surface area contributed by atoms with E-state index in [4.69, 9.17) is 14.0 Å². The van der Waals surface area contributed by atoms with E-state index in [-0.39, 0.29) is 11.8 Å². The number of hydrogen-bond donors (Lipinski definition) is 0. The maximum Gasteiger partial charge on any atom is 0.525 e. The van der Waals surface area contributed by atoms with Crippen molar-refractivity contribution in [1.29, 1.82) is 0 Å². The molecule has 3 nitrogen and oxygen atoms in total. The van der Waals surface area contributed by atoms with Gasteiger partial charge in [0.25, 0.3) is 0 Å². The maximum absolute atomic E-state index is 15.6. The van der Waals surface area contributed by atoms with Crippen LogP contribution in [0.25, 0.3) is 16.3 Å². The van der Waals surface area contributed by atoms with Gasteiger partial charge in [0.05, 0.1) is 23.9 Å². The Labute approximate surface area is 168 Å². The molecule has 0 aromatic heterocycles. The zero-order chi connectivity index (χ0) is 20.5. The molecule has 0 radical (unpaired) electrons. The van der Waals surface area contributed by atoms with Crippen molar-refractivity contribution in [3.05, 3.63) is 53.8 Å². The second-order valence-corrected chi connectivity index (χ2v) is 8.65. The van der Waals surface area contributed by atoms with Gasteiger partial charge in [-0.1, -0.05) is 36.4 Å². The average Bonchev–Trinajstić information content (AvgIpc) is 2.85. The van der Waals surface area contributed by atoms with Gasteiger partial charge < -0.3 is 14.0 Å². The van der Waals surface area contributed by atoms with E-state index in [9.17, 15) is 0 Å². The van der Waals surface area contributed by atoms with Crippen LogP contribution in [0.1, 0.15) is 53.5 Å². The summed E-state index contributed by atoms with van der Waals surface area (Å²) in [5.74, 6) is 0. The fourth-order valence-electron chi connectivity index (χ4n) is 3.26. The van der Waals surface area contributed by atoms with Crippen LogP contribution in [0, 0.1) is 0 Å². The molecule has 1 heterocycles. The normalized spacial score (nSPS) is 19.4. The van der Waals surface area contributed by atoms with Gasteiger partial charge in [0.15, 0.2) is 0 Å². The molecule has 0 bridgehead atoms. The summed E-state index contributed by atoms with van der Waals surface area (Å²) in [6.45, 7) is 12.1. The van der Waals surface area contributed by atoms with Crippen molar-refractivity contribution in [2.45, 2.75) is 65.3 Å². The molecule has 3 rings (SSSR count). The van der Waals surface area contributed by atoms with Crippen LogP contribution in [0.2, 0.25) is 0 Å². The van der Waals surface area contributed by atoms with Gasteiger partial charge >= 0.3 is 7.12 Å². The molecule has 28 heavy (non-hydrogen) atoms. The Bertz CT molecular complexity index is 857. The summed E-state index contributed by atoms with van der Waals surface area (Å²) >= 11 is 0. The van der Waals surface area contributed by atoms with E-state index < -0.39 is 18.3 Å². The molecule has 0 unspecified atom stereocenters. The third-order valence-corrected chi connectivity index (χ3v) is 5.65. The van der Waals surface area contributed by atoms with Gasteiger partial charge in [0.1, 0.15) is 5.73 Å². The Morgan fingerprint density at radius 1 is 1.00 bits per heavy atom. The lowest BCUT2D eigenvalue weighted by Gasteiger charge is -2.32. The monoisotopic (exact) mass is 384 g/mol. The molecule has 1 aliphatic heterocycles. The minimum Gasteiger partial charge on any atom is -0.398 e. The number of fused-ring (bicyclic) bond motifs is 1. The quantitative estimate of drug-likeness (QED) is 0.575. The summed E-state index contributed by atoms with van der Waals surface area (Å²) < 4.78 is 33.2. The lowest BCUT2D eigenvalue weighted by atomic mass is 9.81. The number of ether oxygens (including phenoxy) is 1. The third kappa shape index (κ3) is 4.32. The largest absolute Gasteiger partial charge is 0.525 e. The second-order valence-electron chi connectivity index (χ2n) is 8.65. The third-order valence-electron chi connectivity index (χ3n) is 5.65. The number of rotatable bonds is 6. The highest BCUT2D eigenvalue weighted by Crippen LogP contribution is 2.41. The van der Waals surface area contributed by atoms with Crippen molar-refractivity contribution >= 4 is 23.5 Å². The van der Waals surface area contributed by atoms with Gasteiger partial charge in [0, 0.05) is 0 Å². The first-order chi connectivity index (χ1) is 13.1. The molecule has 0 amide bonds. The van der Waals surface area contributed by atoms with E-state index in [1.165, 1.54) is 0 Å². The van der Waals surface area contributed by atoms with Crippen LogP contribution in [0.4, 0.5) is 4.39 Å². The summed E-state index contributed by atoms with van der Waals surface area (Å²) in [4.78, 5) is 0. The van der Waals surface area contributed by atoms with Crippen LogP contribution >= 0.6 is 0 Å². The molecule has 1 aliphatic rings. The van der Waals surface area contributed by atoms with Crippen molar-refractivity contribution in [1.82, 2.24) is 0 Å². The zero-order valence-electron chi connectivity index (χ0n) is 17.7. The van der Waals surface area contributed by atoms with Gasteiger partial charge in [-0.25, -0.2) is 4.39 Å². The first-order valence-corrected chi connectivity index (χ1v) is 9.96. The van der Waals surface area contributed by atoms with Crippen LogP contribution in [-0.2, 0) is 14.0 Å². The minimum absolute atomic E-state index is 0.0951. The Balaban J connectivity index is 1.99. The van der Waals surface area contributed by atoms with Crippen molar-refractivity contribution in [2.75, 3.05) is 6.61 Å². The van der Waals surface area contributed by atoms with E-state index in [0.717, 1.165) is 16.3 Å². The molecule has 2 aromatic carbocycles. The van der Waals surface area contributed by atoms with Gasteiger partial charge in [-0.2, -0.15) is 0 Å². The molecular formula is C23H30BFO3. The lowest BCUT2D eigenvalue weighted by molar-refractivity contribution is 0.00578. The topological polar surface area (TPSA) is 27.7 Å². The van der Waals surface area contributed by atoms with Gasteiger partial charge in [-0.3, -0.25) is 0 Å². The molecule has 1 saturated heterocycles. The fourth-order valence-corrected chi connectivity index (χ4v) is 3.26. The van der Waals surface area contributed by atoms with E-state index in [1.807, 2.05) is 77.9 Å². The van der Waals surface area contributed by atoms with E-state index in [2.05, 4.69) is 6.07 Å². The van der Waals surface area contributed by atoms with Crippen LogP contribution in [0.15, 0.2) is 48.2 Å². The van der Waals surface area contributed by atoms with E-state index >= 15 is 4.39 Å². The molecule has 0 aliphatic carbocycles. The van der Waals surface area contributed by atoms with Gasteiger partial charge in [-0.05, 0) is 75.9 Å². The first kappa shape index (κ1) is 21.0. The molecule has 2 aromatic rings. The first-order valence-electron chi connectivity index (χ1n) is 9.96. The summed E-state index contributed by atoms with van der Waals surface area (Å²) in [5.41, 5.74) is -0.139. The summed E-state index contributed by atoms with van der Waals surface area (Å²) in [5, 5.41) is 2.20. The maximum atomic E-state index is 15.6. The van der Waals surface area contributed by atoms with E-state index in [1.54, 1.807) is 0 Å². The molecule has 0 N–H and O–H groups in total. The summed E-state index contributed by atoms with van der Waals surface area (Å²) in [6, 6.07) is 14.1. The minimum atomic E-state index is -1.01. The van der Waals surface area contributed by atoms with Gasteiger partial charge in [-0.15, -0.1) is 0 Å². The zero-order valence-corrected chi connectivity index (χ0v) is 17.7. The van der Waals surface area contributed by atoms with Gasteiger partial charge in [0.2, 0.25) is 0 Å². The Hall–Kier alpha value is -1.69. The molecule has 0 atom stereocenters. The highest BCUT2D eigenvalue weighted by molar-refractivity contribution is 6.55. The molecule has 150 valence electrons. The Morgan fingerprint density at radius 2 is 1.61 bits per heavy atom. The molecule has 0 saturated carbocycles. The van der Waals surface area contributed by atoms with Crippen LogP contribution in [0.5, 0.6) is 0 Å². The highest BCUT2D eigenvalue weighted by Gasteiger charge is 2.53. The number of halogens is 1. The van der Waals surface area contributed by atoms with Crippen molar-refractivity contribution in [3.8, 4) is 0 Å². The van der Waals surface area contributed by atoms with Crippen LogP contribution in [0.3, 0.4) is 0 Å². The number of hydrogen-bond acceptors (Lipinski definition) is 3. The van der Waals surface area contributed by atoms with Crippen LogP contribution < -0.4 is 0 Å². The van der Waals surface area contributed by atoms with Crippen molar-refractivity contribution in [3.63, 3.8) is 0 Å². The number of benzene rings is 2. The second kappa shape index (κ2) is 7.98. The lowest BCUT2D eigenvalue weighted by Crippen LogP contribution is -2.41. The SMILES string of the molecule is CC(C)OCCC(=C(F)B1OC(C)(C)C(C)(C)O1)c1ccc2ccccc2c1. The molecule has 1 fully saturated rings. The molecular weight excluding hydrogens is 354 g/mol. The smallest absolute Gasteiger partial charge is 0.398 e. The Kier molecular flexibility index (Phi) is 5.99. The molecule has 0 spiro atoms. The molecule has 5 heteroatoms. The standard InChI is InChI=1S/C23H30BFO3/c1-16(2)26-14-13-20(19-12-11-17-9-7-8-10-18(17)15-19)21(25)24-27-22(3,4)23(5,6)28-24/h7-12,15-16H,13-14H2,1-6H3. The van der Waals surface area contributed by atoms with E-state index in [0.29, 0.717) is 18.6 Å². The van der Waals surface area contributed by atoms with Crippen molar-refractivity contribution in [2.24, 2.45) is 0 Å². The summed E-state index contributed by atoms with van der Waals surface area (Å²) in [7, 11) is -1.01. The fraction of sp³-hybridized carbons (Fsp3) is 0.478. The Morgan fingerprint density at radius 3 is 2.21 bits per heavy atom.